The van der Waals surface area contributed by atoms with E-state index in [0.29, 0.717) is 34.1 Å². The van der Waals surface area contributed by atoms with Crippen LogP contribution in [0.25, 0.3) is 6.08 Å². The Labute approximate surface area is 268 Å². The molecular formula is C36H29BrN2O6. The summed E-state index contributed by atoms with van der Waals surface area (Å²) in [5.74, 6) is -1.21. The number of halogens is 1. The van der Waals surface area contributed by atoms with Crippen LogP contribution in [-0.2, 0) is 10.2 Å². The number of rotatable bonds is 7. The van der Waals surface area contributed by atoms with Gasteiger partial charge in [-0.15, -0.1) is 0 Å². The molecule has 45 heavy (non-hydrogen) atoms. The summed E-state index contributed by atoms with van der Waals surface area (Å²) in [5.41, 5.74) is 2.29. The van der Waals surface area contributed by atoms with Crippen LogP contribution in [0, 0.1) is 5.92 Å². The van der Waals surface area contributed by atoms with Crippen molar-refractivity contribution in [3.05, 3.63) is 123 Å². The highest BCUT2D eigenvalue weighted by Gasteiger charge is 2.70. The van der Waals surface area contributed by atoms with Crippen LogP contribution in [0.3, 0.4) is 0 Å². The maximum Gasteiger partial charge on any atom is 0.238 e. The van der Waals surface area contributed by atoms with E-state index in [4.69, 9.17) is 14.2 Å². The normalized spacial score (nSPS) is 22.4. The minimum absolute atomic E-state index is 0.233. The summed E-state index contributed by atoms with van der Waals surface area (Å²) in [4.78, 5) is 46.5. The summed E-state index contributed by atoms with van der Waals surface area (Å²) in [7, 11) is 4.44. The molecule has 0 unspecified atom stereocenters. The van der Waals surface area contributed by atoms with Crippen molar-refractivity contribution in [3.8, 4) is 17.2 Å². The number of ether oxygens (including phenoxy) is 3. The van der Waals surface area contributed by atoms with E-state index in [1.165, 1.54) is 21.3 Å². The Balaban J connectivity index is 1.53. The molecule has 0 bridgehead atoms. The van der Waals surface area contributed by atoms with E-state index in [2.05, 4.69) is 21.2 Å². The number of nitrogens with one attached hydrogen (secondary N) is 1. The van der Waals surface area contributed by atoms with E-state index in [-0.39, 0.29) is 17.3 Å². The van der Waals surface area contributed by atoms with Crippen LogP contribution in [-0.4, -0.2) is 49.7 Å². The Kier molecular flexibility index (Phi) is 7.00. The molecule has 4 aromatic rings. The number of amides is 1. The van der Waals surface area contributed by atoms with E-state index >= 15 is 4.79 Å². The van der Waals surface area contributed by atoms with Crippen LogP contribution in [0.2, 0.25) is 0 Å². The number of carbonyl (C=O) groups is 3. The smallest absolute Gasteiger partial charge is 0.238 e. The van der Waals surface area contributed by atoms with Gasteiger partial charge in [0, 0.05) is 27.5 Å². The second kappa shape index (κ2) is 10.9. The lowest BCUT2D eigenvalue weighted by atomic mass is 9.62. The Morgan fingerprint density at radius 3 is 2.18 bits per heavy atom. The zero-order valence-corrected chi connectivity index (χ0v) is 26.3. The molecule has 0 saturated carbocycles. The van der Waals surface area contributed by atoms with Crippen molar-refractivity contribution in [2.24, 2.45) is 5.92 Å². The fourth-order valence-corrected chi connectivity index (χ4v) is 7.62. The SMILES string of the molecule is COc1cc(C(=O)[C@@H]2[C@@H](C(=O)c3ccc(Br)cc3)N3C=Cc4ccccc4[C@@H]3[C@]23C(=O)Nc2ccccc23)cc(OC)c1OC. The van der Waals surface area contributed by atoms with Crippen molar-refractivity contribution in [1.82, 2.24) is 4.90 Å². The quantitative estimate of drug-likeness (QED) is 0.227. The van der Waals surface area contributed by atoms with Crippen molar-refractivity contribution in [2.45, 2.75) is 17.5 Å². The lowest BCUT2D eigenvalue weighted by Gasteiger charge is -2.38. The number of ketones is 2. The third-order valence-corrected chi connectivity index (χ3v) is 9.73. The molecule has 4 atom stereocenters. The van der Waals surface area contributed by atoms with E-state index in [1.807, 2.05) is 65.7 Å². The van der Waals surface area contributed by atoms with E-state index in [1.54, 1.807) is 36.4 Å². The van der Waals surface area contributed by atoms with Crippen molar-refractivity contribution in [1.29, 1.82) is 0 Å². The van der Waals surface area contributed by atoms with Gasteiger partial charge >= 0.3 is 0 Å². The molecule has 3 aliphatic rings. The van der Waals surface area contributed by atoms with Gasteiger partial charge in [0.15, 0.2) is 23.1 Å². The Hall–Kier alpha value is -4.89. The predicted octanol–water partition coefficient (Wildman–Crippen LogP) is 6.46. The Morgan fingerprint density at radius 2 is 1.49 bits per heavy atom. The number of benzene rings is 4. The van der Waals surface area contributed by atoms with E-state index < -0.39 is 29.2 Å². The molecule has 7 rings (SSSR count). The molecule has 1 fully saturated rings. The summed E-state index contributed by atoms with van der Waals surface area (Å²) in [6, 6.07) is 23.8. The lowest BCUT2D eigenvalue weighted by molar-refractivity contribution is -0.122. The summed E-state index contributed by atoms with van der Waals surface area (Å²) < 4.78 is 17.5. The van der Waals surface area contributed by atoms with E-state index in [9.17, 15) is 9.59 Å². The minimum atomic E-state index is -1.45. The molecule has 3 heterocycles. The van der Waals surface area contributed by atoms with Gasteiger partial charge in [-0.2, -0.15) is 0 Å². The number of carbonyl (C=O) groups excluding carboxylic acids is 3. The van der Waals surface area contributed by atoms with Crippen molar-refractivity contribution >= 4 is 45.2 Å². The molecule has 0 aromatic heterocycles. The largest absolute Gasteiger partial charge is 0.493 e. The van der Waals surface area contributed by atoms with Gasteiger partial charge in [0.1, 0.15) is 11.5 Å². The highest BCUT2D eigenvalue weighted by molar-refractivity contribution is 9.10. The molecule has 1 spiro atoms. The first-order chi connectivity index (χ1) is 21.8. The number of methoxy groups -OCH3 is 3. The average Bonchev–Trinajstić information content (AvgIpc) is 3.55. The minimum Gasteiger partial charge on any atom is -0.493 e. The third-order valence-electron chi connectivity index (χ3n) is 9.20. The van der Waals surface area contributed by atoms with Crippen LogP contribution >= 0.6 is 15.9 Å². The van der Waals surface area contributed by atoms with Gasteiger partial charge in [0.25, 0.3) is 0 Å². The van der Waals surface area contributed by atoms with Gasteiger partial charge in [-0.05, 0) is 53.1 Å². The van der Waals surface area contributed by atoms with Crippen LogP contribution in [0.1, 0.15) is 43.4 Å². The lowest BCUT2D eigenvalue weighted by Crippen LogP contribution is -2.49. The number of Topliss-reactive ketones (excluding diaryl/α,β-unsaturated/α-hetero) is 2. The fourth-order valence-electron chi connectivity index (χ4n) is 7.36. The first-order valence-corrected chi connectivity index (χ1v) is 15.2. The standard InChI is InChI=1S/C36H29BrN2O6/c1-43-27-18-22(19-28(44-2)33(27)45-3)31(40)29-30(32(41)21-12-14-23(37)15-13-21)39-17-16-20-8-4-5-9-24(20)34(39)36(29)25-10-6-7-11-26(25)38-35(36)42/h4-19,29-30,34H,1-3H3,(H,38,42)/t29-,30-,34+,36+/m0/s1. The molecule has 4 aromatic carbocycles. The maximum absolute atomic E-state index is 15.2. The summed E-state index contributed by atoms with van der Waals surface area (Å²) >= 11 is 3.46. The van der Waals surface area contributed by atoms with Gasteiger partial charge in [-0.25, -0.2) is 0 Å². The zero-order chi connectivity index (χ0) is 31.5. The van der Waals surface area contributed by atoms with Gasteiger partial charge < -0.3 is 24.4 Å². The number of hydrogen-bond donors (Lipinski definition) is 1. The van der Waals surface area contributed by atoms with Gasteiger partial charge in [-0.1, -0.05) is 70.5 Å². The van der Waals surface area contributed by atoms with Crippen molar-refractivity contribution in [3.63, 3.8) is 0 Å². The van der Waals surface area contributed by atoms with Gasteiger partial charge in [0.2, 0.25) is 11.7 Å². The van der Waals surface area contributed by atoms with Crippen LogP contribution < -0.4 is 19.5 Å². The highest BCUT2D eigenvalue weighted by Crippen LogP contribution is 2.62. The van der Waals surface area contributed by atoms with E-state index in [0.717, 1.165) is 15.6 Å². The topological polar surface area (TPSA) is 94.2 Å². The number of hydrogen-bond acceptors (Lipinski definition) is 7. The van der Waals surface area contributed by atoms with Crippen molar-refractivity contribution in [2.75, 3.05) is 26.6 Å². The molecule has 8 nitrogen and oxygen atoms in total. The Bertz CT molecular complexity index is 1880. The molecule has 1 amide bonds. The molecule has 0 aliphatic carbocycles. The summed E-state index contributed by atoms with van der Waals surface area (Å²) in [5, 5.41) is 3.07. The number of nitrogens with zero attached hydrogens (tertiary/aromatic N) is 1. The maximum atomic E-state index is 15.2. The average molecular weight is 666 g/mol. The molecule has 0 radical (unpaired) electrons. The van der Waals surface area contributed by atoms with Crippen LogP contribution in [0.5, 0.6) is 17.2 Å². The predicted molar refractivity (Wildman–Crippen MR) is 173 cm³/mol. The third kappa shape index (κ3) is 4.14. The second-order valence-electron chi connectivity index (χ2n) is 11.2. The Morgan fingerprint density at radius 1 is 0.822 bits per heavy atom. The number of fused-ring (bicyclic) bond motifs is 6. The van der Waals surface area contributed by atoms with Crippen molar-refractivity contribution < 1.29 is 28.6 Å². The summed E-state index contributed by atoms with van der Waals surface area (Å²) in [6.45, 7) is 0. The first kappa shape index (κ1) is 28.9. The summed E-state index contributed by atoms with van der Waals surface area (Å²) in [6.07, 6.45) is 3.79. The molecule has 1 saturated heterocycles. The number of para-hydroxylation sites is 1. The molecular weight excluding hydrogens is 636 g/mol. The second-order valence-corrected chi connectivity index (χ2v) is 12.2. The first-order valence-electron chi connectivity index (χ1n) is 14.4. The van der Waals surface area contributed by atoms with Crippen LogP contribution in [0.15, 0.2) is 95.6 Å². The van der Waals surface area contributed by atoms with Crippen LogP contribution in [0.4, 0.5) is 5.69 Å². The van der Waals surface area contributed by atoms with Gasteiger partial charge in [0.05, 0.1) is 33.3 Å². The van der Waals surface area contributed by atoms with Gasteiger partial charge in [-0.3, -0.25) is 14.4 Å². The monoisotopic (exact) mass is 664 g/mol. The molecule has 3 aliphatic heterocycles. The molecule has 1 N–H and O–H groups in total. The highest BCUT2D eigenvalue weighted by atomic mass is 79.9. The number of anilines is 1. The molecule has 226 valence electrons. The fraction of sp³-hybridized carbons (Fsp3) is 0.194. The zero-order valence-electron chi connectivity index (χ0n) is 24.7. The molecule has 9 heteroatoms.